The van der Waals surface area contributed by atoms with Gasteiger partial charge < -0.3 is 10.2 Å². The van der Waals surface area contributed by atoms with Gasteiger partial charge in [0.15, 0.2) is 0 Å². The Morgan fingerprint density at radius 1 is 1.21 bits per heavy atom. The standard InChI is InChI=1S/C19H18N2O2S/c22-18-5-1-2-12-21(18)17-8-6-15(7-9-17)4-3-11-20-19(23)16-10-13-24-14-16/h6-10,13-14H,1-2,5,11-12H2,(H,20,23). The molecule has 0 radical (unpaired) electrons. The van der Waals surface area contributed by atoms with Crippen LogP contribution in [-0.4, -0.2) is 24.9 Å². The summed E-state index contributed by atoms with van der Waals surface area (Å²) in [7, 11) is 0. The first-order valence-corrected chi connectivity index (χ1v) is 8.88. The van der Waals surface area contributed by atoms with Crippen LogP contribution in [0.5, 0.6) is 0 Å². The summed E-state index contributed by atoms with van der Waals surface area (Å²) in [5.41, 5.74) is 2.46. The van der Waals surface area contributed by atoms with Gasteiger partial charge in [-0.05, 0) is 48.6 Å². The summed E-state index contributed by atoms with van der Waals surface area (Å²) < 4.78 is 0. The van der Waals surface area contributed by atoms with E-state index < -0.39 is 0 Å². The van der Waals surface area contributed by atoms with E-state index >= 15 is 0 Å². The van der Waals surface area contributed by atoms with Gasteiger partial charge in [-0.15, -0.1) is 0 Å². The normalized spacial score (nSPS) is 14.0. The predicted molar refractivity (Wildman–Crippen MR) is 96.2 cm³/mol. The molecule has 2 amide bonds. The summed E-state index contributed by atoms with van der Waals surface area (Å²) in [6.07, 6.45) is 2.67. The zero-order chi connectivity index (χ0) is 16.8. The number of hydrogen-bond acceptors (Lipinski definition) is 3. The minimum atomic E-state index is -0.107. The second kappa shape index (κ2) is 7.80. The van der Waals surface area contributed by atoms with Crippen LogP contribution >= 0.6 is 11.3 Å². The van der Waals surface area contributed by atoms with E-state index in [-0.39, 0.29) is 11.8 Å². The van der Waals surface area contributed by atoms with Crippen LogP contribution in [0.1, 0.15) is 35.2 Å². The van der Waals surface area contributed by atoms with Crippen molar-refractivity contribution in [3.63, 3.8) is 0 Å². The van der Waals surface area contributed by atoms with Gasteiger partial charge in [-0.3, -0.25) is 9.59 Å². The van der Waals surface area contributed by atoms with Crippen molar-refractivity contribution in [3.8, 4) is 11.8 Å². The topological polar surface area (TPSA) is 49.4 Å². The van der Waals surface area contributed by atoms with E-state index in [4.69, 9.17) is 0 Å². The molecule has 24 heavy (non-hydrogen) atoms. The SMILES string of the molecule is O=C(NCC#Cc1ccc(N2CCCCC2=O)cc1)c1ccsc1. The van der Waals surface area contributed by atoms with Crippen molar-refractivity contribution in [1.29, 1.82) is 0 Å². The van der Waals surface area contributed by atoms with Gasteiger partial charge in [0.2, 0.25) is 5.91 Å². The number of benzene rings is 1. The molecule has 0 atom stereocenters. The molecule has 1 N–H and O–H groups in total. The van der Waals surface area contributed by atoms with Crippen LogP contribution in [0.25, 0.3) is 0 Å². The average Bonchev–Trinajstić information content (AvgIpc) is 3.14. The molecule has 1 aliphatic rings. The number of thiophene rings is 1. The summed E-state index contributed by atoms with van der Waals surface area (Å²) in [6, 6.07) is 9.46. The third-order valence-electron chi connectivity index (χ3n) is 3.86. The van der Waals surface area contributed by atoms with Crippen LogP contribution in [0.4, 0.5) is 5.69 Å². The number of rotatable bonds is 3. The van der Waals surface area contributed by atoms with Crippen molar-refractivity contribution in [1.82, 2.24) is 5.32 Å². The van der Waals surface area contributed by atoms with Gasteiger partial charge in [0.05, 0.1) is 12.1 Å². The minimum absolute atomic E-state index is 0.107. The predicted octanol–water partition coefficient (Wildman–Crippen LogP) is 3.05. The Bertz CT molecular complexity index is 770. The molecule has 5 heteroatoms. The molecule has 0 bridgehead atoms. The van der Waals surface area contributed by atoms with Crippen LogP contribution in [0.3, 0.4) is 0 Å². The van der Waals surface area contributed by atoms with Gasteiger partial charge in [-0.2, -0.15) is 11.3 Å². The van der Waals surface area contributed by atoms with E-state index in [1.54, 1.807) is 6.07 Å². The van der Waals surface area contributed by atoms with E-state index in [1.807, 2.05) is 39.9 Å². The fourth-order valence-corrected chi connectivity index (χ4v) is 3.21. The zero-order valence-electron chi connectivity index (χ0n) is 13.2. The van der Waals surface area contributed by atoms with Crippen molar-refractivity contribution >= 4 is 28.8 Å². The van der Waals surface area contributed by atoms with Crippen LogP contribution in [-0.2, 0) is 4.79 Å². The maximum Gasteiger partial charge on any atom is 0.252 e. The van der Waals surface area contributed by atoms with Crippen molar-refractivity contribution in [2.75, 3.05) is 18.0 Å². The summed E-state index contributed by atoms with van der Waals surface area (Å²) in [6.45, 7) is 1.10. The molecule has 3 rings (SSSR count). The number of anilines is 1. The lowest BCUT2D eigenvalue weighted by Crippen LogP contribution is -2.35. The largest absolute Gasteiger partial charge is 0.341 e. The van der Waals surface area contributed by atoms with E-state index in [9.17, 15) is 9.59 Å². The number of amides is 2. The van der Waals surface area contributed by atoms with Crippen molar-refractivity contribution < 1.29 is 9.59 Å². The first-order valence-electron chi connectivity index (χ1n) is 7.94. The Kier molecular flexibility index (Phi) is 5.29. The molecule has 1 aromatic heterocycles. The van der Waals surface area contributed by atoms with Gasteiger partial charge >= 0.3 is 0 Å². The quantitative estimate of drug-likeness (QED) is 0.875. The highest BCUT2D eigenvalue weighted by Gasteiger charge is 2.19. The molecule has 0 saturated carbocycles. The lowest BCUT2D eigenvalue weighted by atomic mass is 10.1. The first kappa shape index (κ1) is 16.3. The van der Waals surface area contributed by atoms with E-state index in [1.165, 1.54) is 11.3 Å². The van der Waals surface area contributed by atoms with Crippen molar-refractivity contribution in [2.24, 2.45) is 0 Å². The fourth-order valence-electron chi connectivity index (χ4n) is 2.57. The lowest BCUT2D eigenvalue weighted by molar-refractivity contribution is -0.119. The molecule has 1 aliphatic heterocycles. The molecule has 4 nitrogen and oxygen atoms in total. The smallest absolute Gasteiger partial charge is 0.252 e. The Labute approximate surface area is 145 Å². The molecule has 2 aromatic rings. The third-order valence-corrected chi connectivity index (χ3v) is 4.54. The van der Waals surface area contributed by atoms with Gasteiger partial charge in [0, 0.05) is 29.6 Å². The second-order valence-corrected chi connectivity index (χ2v) is 6.33. The lowest BCUT2D eigenvalue weighted by Gasteiger charge is -2.26. The summed E-state index contributed by atoms with van der Waals surface area (Å²) in [4.78, 5) is 25.5. The number of carbonyl (C=O) groups excluding carboxylic acids is 2. The van der Waals surface area contributed by atoms with Crippen LogP contribution < -0.4 is 10.2 Å². The first-order chi connectivity index (χ1) is 11.7. The molecule has 0 spiro atoms. The summed E-state index contributed by atoms with van der Waals surface area (Å²) in [5.74, 6) is 6.05. The maximum atomic E-state index is 11.9. The Morgan fingerprint density at radius 3 is 2.75 bits per heavy atom. The Hall–Kier alpha value is -2.58. The number of carbonyl (C=O) groups is 2. The summed E-state index contributed by atoms with van der Waals surface area (Å²) in [5, 5.41) is 6.44. The van der Waals surface area contributed by atoms with E-state index in [2.05, 4.69) is 17.2 Å². The number of nitrogens with one attached hydrogen (secondary N) is 1. The molecule has 2 heterocycles. The van der Waals surface area contributed by atoms with Gasteiger partial charge in [0.1, 0.15) is 0 Å². The Balaban J connectivity index is 1.55. The fraction of sp³-hybridized carbons (Fsp3) is 0.263. The number of piperidine rings is 1. The highest BCUT2D eigenvalue weighted by molar-refractivity contribution is 7.08. The van der Waals surface area contributed by atoms with Crippen molar-refractivity contribution in [3.05, 3.63) is 52.2 Å². The molecule has 0 unspecified atom stereocenters. The van der Waals surface area contributed by atoms with E-state index in [0.717, 1.165) is 30.6 Å². The average molecular weight is 338 g/mol. The summed E-state index contributed by atoms with van der Waals surface area (Å²) >= 11 is 1.49. The molecule has 1 aromatic carbocycles. The molecule has 1 saturated heterocycles. The van der Waals surface area contributed by atoms with E-state index in [0.29, 0.717) is 18.5 Å². The van der Waals surface area contributed by atoms with Crippen LogP contribution in [0.2, 0.25) is 0 Å². The Morgan fingerprint density at radius 2 is 2.04 bits per heavy atom. The maximum absolute atomic E-state index is 11.9. The second-order valence-electron chi connectivity index (χ2n) is 5.55. The highest BCUT2D eigenvalue weighted by Crippen LogP contribution is 2.20. The van der Waals surface area contributed by atoms with Crippen molar-refractivity contribution in [2.45, 2.75) is 19.3 Å². The molecule has 0 aliphatic carbocycles. The molecule has 1 fully saturated rings. The third kappa shape index (κ3) is 4.03. The van der Waals surface area contributed by atoms with Gasteiger partial charge in [0.25, 0.3) is 5.91 Å². The van der Waals surface area contributed by atoms with Crippen LogP contribution in [0.15, 0.2) is 41.1 Å². The zero-order valence-corrected chi connectivity index (χ0v) is 14.1. The van der Waals surface area contributed by atoms with Gasteiger partial charge in [-0.1, -0.05) is 11.8 Å². The molecular weight excluding hydrogens is 320 g/mol. The van der Waals surface area contributed by atoms with Gasteiger partial charge in [-0.25, -0.2) is 0 Å². The monoisotopic (exact) mass is 338 g/mol. The highest BCUT2D eigenvalue weighted by atomic mass is 32.1. The minimum Gasteiger partial charge on any atom is -0.341 e. The number of hydrogen-bond donors (Lipinski definition) is 1. The molecule has 122 valence electrons. The van der Waals surface area contributed by atoms with Crippen LogP contribution in [0, 0.1) is 11.8 Å². The number of nitrogens with zero attached hydrogens (tertiary/aromatic N) is 1. The molecular formula is C19H18N2O2S.